The molecule has 3 heteroatoms. The van der Waals surface area contributed by atoms with Gasteiger partial charge >= 0.3 is 0 Å². The van der Waals surface area contributed by atoms with Crippen LogP contribution in [0.2, 0.25) is 5.02 Å². The van der Waals surface area contributed by atoms with Gasteiger partial charge < -0.3 is 5.32 Å². The molecular weight excluding hydrogens is 268 g/mol. The van der Waals surface area contributed by atoms with Gasteiger partial charge in [-0.05, 0) is 49.7 Å². The zero-order valence-electron chi connectivity index (χ0n) is 11.4. The van der Waals surface area contributed by atoms with Crippen molar-refractivity contribution in [2.75, 3.05) is 5.32 Å². The summed E-state index contributed by atoms with van der Waals surface area (Å²) in [5.74, 6) is 0. The van der Waals surface area contributed by atoms with Crippen molar-refractivity contribution in [2.45, 2.75) is 13.8 Å². The van der Waals surface area contributed by atoms with Crippen LogP contribution in [0.3, 0.4) is 0 Å². The third-order valence-corrected chi connectivity index (χ3v) is 3.84. The van der Waals surface area contributed by atoms with Crippen LogP contribution >= 0.6 is 11.6 Å². The van der Waals surface area contributed by atoms with Gasteiger partial charge in [-0.1, -0.05) is 29.3 Å². The van der Waals surface area contributed by atoms with Gasteiger partial charge in [-0.3, -0.25) is 4.98 Å². The van der Waals surface area contributed by atoms with Gasteiger partial charge in [-0.15, -0.1) is 0 Å². The van der Waals surface area contributed by atoms with Crippen molar-refractivity contribution in [1.82, 2.24) is 4.98 Å². The van der Waals surface area contributed by atoms with E-state index in [-0.39, 0.29) is 0 Å². The summed E-state index contributed by atoms with van der Waals surface area (Å²) in [6.07, 6.45) is 1.81. The van der Waals surface area contributed by atoms with Crippen LogP contribution < -0.4 is 5.32 Å². The first kappa shape index (κ1) is 12.9. The molecule has 0 amide bonds. The molecule has 1 heterocycles. The van der Waals surface area contributed by atoms with Gasteiger partial charge in [0.1, 0.15) is 0 Å². The van der Waals surface area contributed by atoms with Gasteiger partial charge in [0.15, 0.2) is 0 Å². The average molecular weight is 283 g/mol. The van der Waals surface area contributed by atoms with Crippen molar-refractivity contribution in [3.05, 3.63) is 64.8 Å². The van der Waals surface area contributed by atoms with E-state index in [0.29, 0.717) is 0 Å². The average Bonchev–Trinajstić information content (AvgIpc) is 2.46. The van der Waals surface area contributed by atoms with E-state index in [1.54, 1.807) is 0 Å². The molecule has 0 aliphatic heterocycles. The fourth-order valence-corrected chi connectivity index (χ4v) is 2.39. The maximum Gasteiger partial charge on any atom is 0.0766 e. The lowest BCUT2D eigenvalue weighted by Gasteiger charge is -2.11. The van der Waals surface area contributed by atoms with Crippen molar-refractivity contribution < 1.29 is 0 Å². The van der Waals surface area contributed by atoms with Crippen LogP contribution in [0.4, 0.5) is 11.4 Å². The molecule has 3 rings (SSSR count). The van der Waals surface area contributed by atoms with Crippen molar-refractivity contribution in [3.63, 3.8) is 0 Å². The molecule has 0 fully saturated rings. The minimum atomic E-state index is 0.748. The van der Waals surface area contributed by atoms with E-state index in [1.807, 2.05) is 31.3 Å². The predicted molar refractivity (Wildman–Crippen MR) is 86.0 cm³/mol. The Balaban J connectivity index is 2.08. The molecule has 1 N–H and O–H groups in total. The molecule has 0 bridgehead atoms. The molecule has 0 spiro atoms. The zero-order valence-corrected chi connectivity index (χ0v) is 12.2. The monoisotopic (exact) mass is 282 g/mol. The highest BCUT2D eigenvalue weighted by molar-refractivity contribution is 6.32. The Kier molecular flexibility index (Phi) is 3.33. The second kappa shape index (κ2) is 5.14. The first-order valence-electron chi connectivity index (χ1n) is 6.52. The van der Waals surface area contributed by atoms with Crippen LogP contribution in [-0.4, -0.2) is 4.98 Å². The van der Waals surface area contributed by atoms with Gasteiger partial charge in [0.25, 0.3) is 0 Å². The fraction of sp³-hybridized carbons (Fsp3) is 0.118. The predicted octanol–water partition coefficient (Wildman–Crippen LogP) is 5.25. The molecule has 3 aromatic rings. The minimum Gasteiger partial charge on any atom is -0.355 e. The maximum absolute atomic E-state index is 6.16. The van der Waals surface area contributed by atoms with Gasteiger partial charge in [0.2, 0.25) is 0 Å². The highest BCUT2D eigenvalue weighted by Gasteiger charge is 2.07. The van der Waals surface area contributed by atoms with Crippen LogP contribution in [-0.2, 0) is 0 Å². The number of aromatic nitrogens is 1. The lowest BCUT2D eigenvalue weighted by Crippen LogP contribution is -1.94. The zero-order chi connectivity index (χ0) is 14.1. The van der Waals surface area contributed by atoms with Crippen molar-refractivity contribution in [3.8, 4) is 0 Å². The number of anilines is 2. The van der Waals surface area contributed by atoms with Crippen LogP contribution in [0.1, 0.15) is 11.1 Å². The molecule has 0 saturated carbocycles. The second-order valence-electron chi connectivity index (χ2n) is 4.92. The summed E-state index contributed by atoms with van der Waals surface area (Å²) < 4.78 is 0. The number of halogens is 1. The van der Waals surface area contributed by atoms with Crippen LogP contribution in [0.15, 0.2) is 48.7 Å². The van der Waals surface area contributed by atoms with E-state index in [1.165, 1.54) is 5.56 Å². The molecular formula is C17H15ClN2. The summed E-state index contributed by atoms with van der Waals surface area (Å²) in [5.41, 5.74) is 5.30. The standard InChI is InChI=1S/C17H15ClN2/c1-11-3-5-13(6-4-11)20-16-9-10-19-17-12(2)15(18)8-7-14(16)17/h3-10H,1-2H3,(H,19,20). The Morgan fingerprint density at radius 2 is 1.70 bits per heavy atom. The second-order valence-corrected chi connectivity index (χ2v) is 5.33. The molecule has 20 heavy (non-hydrogen) atoms. The lowest BCUT2D eigenvalue weighted by atomic mass is 10.1. The number of nitrogens with one attached hydrogen (secondary N) is 1. The smallest absolute Gasteiger partial charge is 0.0766 e. The quantitative estimate of drug-likeness (QED) is 0.694. The number of hydrogen-bond donors (Lipinski definition) is 1. The number of fused-ring (bicyclic) bond motifs is 1. The summed E-state index contributed by atoms with van der Waals surface area (Å²) in [6.45, 7) is 4.07. The molecule has 2 nitrogen and oxygen atoms in total. The SMILES string of the molecule is Cc1ccc(Nc2ccnc3c(C)c(Cl)ccc23)cc1. The molecule has 0 aliphatic carbocycles. The molecule has 0 unspecified atom stereocenters. The third-order valence-electron chi connectivity index (χ3n) is 3.43. The fourth-order valence-electron chi connectivity index (χ4n) is 2.24. The van der Waals surface area contributed by atoms with Crippen molar-refractivity contribution in [1.29, 1.82) is 0 Å². The van der Waals surface area contributed by atoms with Crippen molar-refractivity contribution >= 4 is 33.9 Å². The lowest BCUT2D eigenvalue weighted by molar-refractivity contribution is 1.36. The topological polar surface area (TPSA) is 24.9 Å². The van der Waals surface area contributed by atoms with Gasteiger partial charge in [0.05, 0.1) is 5.52 Å². The first-order chi connectivity index (χ1) is 9.65. The van der Waals surface area contributed by atoms with E-state index >= 15 is 0 Å². The third kappa shape index (κ3) is 2.35. The minimum absolute atomic E-state index is 0.748. The number of hydrogen-bond acceptors (Lipinski definition) is 2. The van der Waals surface area contributed by atoms with Crippen LogP contribution in [0, 0.1) is 13.8 Å². The molecule has 100 valence electrons. The van der Waals surface area contributed by atoms with E-state index in [4.69, 9.17) is 11.6 Å². The van der Waals surface area contributed by atoms with E-state index < -0.39 is 0 Å². The number of nitrogens with zero attached hydrogens (tertiary/aromatic N) is 1. The summed E-state index contributed by atoms with van der Waals surface area (Å²) in [5, 5.41) is 5.26. The van der Waals surface area contributed by atoms with E-state index in [9.17, 15) is 0 Å². The normalized spacial score (nSPS) is 10.8. The largest absolute Gasteiger partial charge is 0.355 e. The van der Waals surface area contributed by atoms with Gasteiger partial charge in [0, 0.05) is 28.0 Å². The van der Waals surface area contributed by atoms with Crippen LogP contribution in [0.25, 0.3) is 10.9 Å². The Morgan fingerprint density at radius 3 is 2.45 bits per heavy atom. The van der Waals surface area contributed by atoms with Gasteiger partial charge in [-0.2, -0.15) is 0 Å². The van der Waals surface area contributed by atoms with E-state index in [2.05, 4.69) is 41.5 Å². The van der Waals surface area contributed by atoms with Gasteiger partial charge in [-0.25, -0.2) is 0 Å². The number of aryl methyl sites for hydroxylation is 2. The molecule has 1 aromatic heterocycles. The molecule has 0 atom stereocenters. The Morgan fingerprint density at radius 1 is 0.950 bits per heavy atom. The highest BCUT2D eigenvalue weighted by Crippen LogP contribution is 2.30. The summed E-state index contributed by atoms with van der Waals surface area (Å²) in [7, 11) is 0. The Hall–Kier alpha value is -2.06. The number of benzene rings is 2. The number of pyridine rings is 1. The maximum atomic E-state index is 6.16. The van der Waals surface area contributed by atoms with Crippen molar-refractivity contribution in [2.24, 2.45) is 0 Å². The van der Waals surface area contributed by atoms with Crippen LogP contribution in [0.5, 0.6) is 0 Å². The molecule has 0 radical (unpaired) electrons. The summed E-state index contributed by atoms with van der Waals surface area (Å²) >= 11 is 6.16. The molecule has 0 aliphatic rings. The summed E-state index contributed by atoms with van der Waals surface area (Å²) in [4.78, 5) is 4.43. The Bertz CT molecular complexity index is 764. The Labute approximate surface area is 123 Å². The molecule has 2 aromatic carbocycles. The number of rotatable bonds is 2. The molecule has 0 saturated heterocycles. The van der Waals surface area contributed by atoms with E-state index in [0.717, 1.165) is 32.9 Å². The highest BCUT2D eigenvalue weighted by atomic mass is 35.5. The first-order valence-corrected chi connectivity index (χ1v) is 6.90. The summed E-state index contributed by atoms with van der Waals surface area (Å²) in [6, 6.07) is 14.2.